The van der Waals surface area contributed by atoms with Gasteiger partial charge in [-0.15, -0.1) is 0 Å². The molecule has 0 bridgehead atoms. The monoisotopic (exact) mass is 378 g/mol. The van der Waals surface area contributed by atoms with Crippen LogP contribution in [0.2, 0.25) is 0 Å². The lowest BCUT2D eigenvalue weighted by atomic mass is 10.1. The van der Waals surface area contributed by atoms with Gasteiger partial charge in [-0.2, -0.15) is 0 Å². The van der Waals surface area contributed by atoms with Gasteiger partial charge in [0.25, 0.3) is 0 Å². The fraction of sp³-hybridized carbons (Fsp3) is 0.389. The van der Waals surface area contributed by atoms with Gasteiger partial charge in [0.05, 0.1) is 5.75 Å². The first kappa shape index (κ1) is 19.6. The molecule has 1 aliphatic heterocycles. The average molecular weight is 379 g/mol. The lowest BCUT2D eigenvalue weighted by Gasteiger charge is -2.19. The fourth-order valence-electron chi connectivity index (χ4n) is 1.97. The summed E-state index contributed by atoms with van der Waals surface area (Å²) in [6, 6.07) is 7.87. The number of carbonyl (C=O) groups is 2. The van der Waals surface area contributed by atoms with Crippen molar-refractivity contribution in [1.82, 2.24) is 0 Å². The number of carbonyl (C=O) groups excluding carboxylic acids is 2. The van der Waals surface area contributed by atoms with E-state index >= 15 is 0 Å². The molecule has 0 amide bonds. The van der Waals surface area contributed by atoms with Crippen LogP contribution in [0.3, 0.4) is 0 Å². The second kappa shape index (κ2) is 8.10. The van der Waals surface area contributed by atoms with Gasteiger partial charge in [-0.3, -0.25) is 9.59 Å². The number of hydrogen-bond acceptors (Lipinski definition) is 7. The van der Waals surface area contributed by atoms with Crippen LogP contribution < -0.4 is 4.90 Å². The Morgan fingerprint density at radius 3 is 2.48 bits per heavy atom. The Bertz CT molecular complexity index is 717. The van der Waals surface area contributed by atoms with Gasteiger partial charge >= 0.3 is 5.97 Å². The molecule has 25 heavy (non-hydrogen) atoms. The molecule has 0 spiro atoms. The number of aliphatic imine (C=N–C) groups is 1. The highest BCUT2D eigenvalue weighted by molar-refractivity contribution is 8.45. The summed E-state index contributed by atoms with van der Waals surface area (Å²) >= 11 is 2.28. The van der Waals surface area contributed by atoms with Crippen molar-refractivity contribution in [2.24, 2.45) is 4.99 Å². The highest BCUT2D eigenvalue weighted by Gasteiger charge is 2.24. The van der Waals surface area contributed by atoms with E-state index in [1.165, 1.54) is 11.8 Å². The Morgan fingerprint density at radius 1 is 1.28 bits per heavy atom. The van der Waals surface area contributed by atoms with E-state index in [9.17, 15) is 9.59 Å². The minimum absolute atomic E-state index is 0.108. The molecule has 0 aliphatic carbocycles. The van der Waals surface area contributed by atoms with E-state index in [2.05, 4.69) is 4.99 Å². The summed E-state index contributed by atoms with van der Waals surface area (Å²) in [6.45, 7) is 5.47. The number of benzene rings is 1. The molecule has 5 nitrogen and oxygen atoms in total. The molecule has 0 radical (unpaired) electrons. The first-order chi connectivity index (χ1) is 11.6. The summed E-state index contributed by atoms with van der Waals surface area (Å²) in [6.07, 6.45) is 1.76. The molecule has 0 saturated carbocycles. The van der Waals surface area contributed by atoms with Crippen LogP contribution in [0.1, 0.15) is 26.3 Å². The van der Waals surface area contributed by atoms with Crippen molar-refractivity contribution in [2.45, 2.75) is 26.4 Å². The van der Waals surface area contributed by atoms with Crippen LogP contribution in [0.4, 0.5) is 5.69 Å². The molecule has 0 N–H and O–H groups in total. The number of esters is 1. The third kappa shape index (κ3) is 6.25. The van der Waals surface area contributed by atoms with E-state index < -0.39 is 5.60 Å². The number of thioether (sulfide) groups is 2. The van der Waals surface area contributed by atoms with Gasteiger partial charge in [0.15, 0.2) is 0 Å². The number of hydrogen-bond donors (Lipinski definition) is 0. The van der Waals surface area contributed by atoms with Crippen molar-refractivity contribution < 1.29 is 14.3 Å². The van der Waals surface area contributed by atoms with E-state index in [0.717, 1.165) is 23.0 Å². The zero-order valence-corrected chi connectivity index (χ0v) is 16.7. The van der Waals surface area contributed by atoms with Crippen molar-refractivity contribution in [3.8, 4) is 0 Å². The van der Waals surface area contributed by atoms with Gasteiger partial charge in [0.2, 0.25) is 5.12 Å². The topological polar surface area (TPSA) is 59.0 Å². The maximum absolute atomic E-state index is 12.1. The highest BCUT2D eigenvalue weighted by atomic mass is 32.2. The molecule has 1 heterocycles. The Labute approximate surface area is 156 Å². The fourth-order valence-corrected chi connectivity index (χ4v) is 3.58. The van der Waals surface area contributed by atoms with Crippen LogP contribution in [0, 0.1) is 0 Å². The molecule has 0 atom stereocenters. The van der Waals surface area contributed by atoms with Gasteiger partial charge < -0.3 is 9.64 Å². The molecule has 134 valence electrons. The standard InChI is InChI=1S/C18H22N2O3S2/c1-18(2,3)23-15(21)11-24-17-19-14(16(22)25-17)10-12-6-8-13(9-7-12)20(4)5/h6-10H,11H2,1-5H3. The second-order valence-corrected chi connectivity index (χ2v) is 8.84. The van der Waals surface area contributed by atoms with Gasteiger partial charge in [-0.25, -0.2) is 4.99 Å². The van der Waals surface area contributed by atoms with Crippen molar-refractivity contribution in [3.05, 3.63) is 35.5 Å². The lowest BCUT2D eigenvalue weighted by molar-refractivity contribution is -0.151. The molecular weight excluding hydrogens is 356 g/mol. The lowest BCUT2D eigenvalue weighted by Crippen LogP contribution is -2.25. The predicted octanol–water partition coefficient (Wildman–Crippen LogP) is 3.80. The number of nitrogens with zero attached hydrogens (tertiary/aromatic N) is 2. The van der Waals surface area contributed by atoms with E-state index in [4.69, 9.17) is 4.74 Å². The molecule has 7 heteroatoms. The smallest absolute Gasteiger partial charge is 0.316 e. The summed E-state index contributed by atoms with van der Waals surface area (Å²) in [5.41, 5.74) is 1.89. The number of ether oxygens (including phenoxy) is 1. The molecule has 1 aromatic carbocycles. The number of anilines is 1. The summed E-state index contributed by atoms with van der Waals surface area (Å²) in [5, 5.41) is -0.108. The minimum atomic E-state index is -0.512. The molecule has 1 aromatic rings. The van der Waals surface area contributed by atoms with Crippen LogP contribution in [0.25, 0.3) is 6.08 Å². The van der Waals surface area contributed by atoms with Crippen molar-refractivity contribution in [1.29, 1.82) is 0 Å². The van der Waals surface area contributed by atoms with Gasteiger partial charge in [-0.05, 0) is 56.3 Å². The Kier molecular flexibility index (Phi) is 6.35. The quantitative estimate of drug-likeness (QED) is 0.587. The maximum atomic E-state index is 12.1. The molecule has 0 unspecified atom stereocenters. The van der Waals surface area contributed by atoms with Crippen molar-refractivity contribution in [2.75, 3.05) is 24.7 Å². The van der Waals surface area contributed by atoms with Crippen LogP contribution >= 0.6 is 23.5 Å². The van der Waals surface area contributed by atoms with Gasteiger partial charge in [0.1, 0.15) is 15.7 Å². The van der Waals surface area contributed by atoms with E-state index in [0.29, 0.717) is 10.1 Å². The van der Waals surface area contributed by atoms with Gasteiger partial charge in [0, 0.05) is 19.8 Å². The van der Waals surface area contributed by atoms with Gasteiger partial charge in [-0.1, -0.05) is 23.9 Å². The first-order valence-electron chi connectivity index (χ1n) is 7.79. The van der Waals surface area contributed by atoms with Crippen molar-refractivity contribution in [3.63, 3.8) is 0 Å². The normalized spacial score (nSPS) is 16.1. The third-order valence-corrected chi connectivity index (χ3v) is 5.03. The molecule has 0 fully saturated rings. The molecule has 0 aromatic heterocycles. The molecule has 0 saturated heterocycles. The predicted molar refractivity (Wildman–Crippen MR) is 107 cm³/mol. The molecule has 2 rings (SSSR count). The Hall–Kier alpha value is -1.73. The largest absolute Gasteiger partial charge is 0.459 e. The van der Waals surface area contributed by atoms with Crippen LogP contribution in [-0.2, 0) is 14.3 Å². The Balaban J connectivity index is 2.00. The zero-order valence-electron chi connectivity index (χ0n) is 15.0. The van der Waals surface area contributed by atoms with E-state index in [-0.39, 0.29) is 16.8 Å². The van der Waals surface area contributed by atoms with Crippen LogP contribution in [-0.4, -0.2) is 40.9 Å². The average Bonchev–Trinajstić information content (AvgIpc) is 2.84. The van der Waals surface area contributed by atoms with E-state index in [1.54, 1.807) is 6.08 Å². The summed E-state index contributed by atoms with van der Waals surface area (Å²) in [7, 11) is 3.95. The SMILES string of the molecule is CN(C)c1ccc(C=C2N=C(SCC(=O)OC(C)(C)C)SC2=O)cc1. The summed E-state index contributed by atoms with van der Waals surface area (Å²) in [4.78, 5) is 30.2. The Morgan fingerprint density at radius 2 is 1.92 bits per heavy atom. The van der Waals surface area contributed by atoms with Crippen LogP contribution in [0.15, 0.2) is 35.0 Å². The maximum Gasteiger partial charge on any atom is 0.316 e. The van der Waals surface area contributed by atoms with Crippen LogP contribution in [0.5, 0.6) is 0 Å². The molecular formula is C18H22N2O3S2. The third-order valence-electron chi connectivity index (χ3n) is 3.05. The minimum Gasteiger partial charge on any atom is -0.459 e. The first-order valence-corrected chi connectivity index (χ1v) is 9.59. The summed E-state index contributed by atoms with van der Waals surface area (Å²) in [5.74, 6) is -0.175. The molecule has 1 aliphatic rings. The van der Waals surface area contributed by atoms with Crippen molar-refractivity contribution >= 4 is 50.7 Å². The summed E-state index contributed by atoms with van der Waals surface area (Å²) < 4.78 is 5.83. The highest BCUT2D eigenvalue weighted by Crippen LogP contribution is 2.31. The second-order valence-electron chi connectivity index (χ2n) is 6.66. The zero-order chi connectivity index (χ0) is 18.6. The number of rotatable bonds is 4. The van der Waals surface area contributed by atoms with E-state index in [1.807, 2.05) is 64.0 Å².